The van der Waals surface area contributed by atoms with Gasteiger partial charge in [0, 0.05) is 17.7 Å². The first-order valence-electron chi connectivity index (χ1n) is 4.98. The van der Waals surface area contributed by atoms with E-state index < -0.39 is 0 Å². The molecule has 0 amide bonds. The Kier molecular flexibility index (Phi) is 3.12. The molecule has 1 fully saturated rings. The van der Waals surface area contributed by atoms with Crippen molar-refractivity contribution in [2.45, 2.75) is 18.9 Å². The van der Waals surface area contributed by atoms with E-state index in [-0.39, 0.29) is 16.9 Å². The van der Waals surface area contributed by atoms with Crippen molar-refractivity contribution < 1.29 is 9.13 Å². The molecule has 0 radical (unpaired) electrons. The predicted molar refractivity (Wildman–Crippen MR) is 57.9 cm³/mol. The Bertz CT molecular complexity index is 364. The second kappa shape index (κ2) is 4.37. The molecule has 1 aromatic carbocycles. The van der Waals surface area contributed by atoms with Crippen LogP contribution in [-0.2, 0) is 0 Å². The molecule has 2 rings (SSSR count). The number of hydrogen-bond donors (Lipinski definition) is 1. The highest BCUT2D eigenvalue weighted by Crippen LogP contribution is 2.32. The van der Waals surface area contributed by atoms with Crippen molar-refractivity contribution in [1.29, 1.82) is 0 Å². The van der Waals surface area contributed by atoms with Gasteiger partial charge in [-0.1, -0.05) is 11.6 Å². The highest BCUT2D eigenvalue weighted by Gasteiger charge is 2.21. The van der Waals surface area contributed by atoms with E-state index in [4.69, 9.17) is 16.3 Å². The van der Waals surface area contributed by atoms with Gasteiger partial charge in [0.05, 0.1) is 12.1 Å². The third-order valence-corrected chi connectivity index (χ3v) is 2.98. The van der Waals surface area contributed by atoms with Gasteiger partial charge in [-0.15, -0.1) is 0 Å². The fourth-order valence-corrected chi connectivity index (χ4v) is 2.12. The maximum atomic E-state index is 13.7. The summed E-state index contributed by atoms with van der Waals surface area (Å²) in [5.74, 6) is 0.266. The molecule has 82 valence electrons. The van der Waals surface area contributed by atoms with Crippen LogP contribution < -0.4 is 10.1 Å². The molecule has 1 N–H and O–H groups in total. The number of nitrogens with one attached hydrogen (secondary N) is 1. The van der Waals surface area contributed by atoms with Crippen LogP contribution in [0.25, 0.3) is 0 Å². The summed E-state index contributed by atoms with van der Waals surface area (Å²) in [6.07, 6.45) is 2.01. The summed E-state index contributed by atoms with van der Waals surface area (Å²) in [5.41, 5.74) is 0.608. The summed E-state index contributed by atoms with van der Waals surface area (Å²) >= 11 is 5.79. The molecular weight excluding hydrogens is 217 g/mol. The number of halogens is 2. The van der Waals surface area contributed by atoms with E-state index in [2.05, 4.69) is 5.32 Å². The van der Waals surface area contributed by atoms with E-state index in [1.165, 1.54) is 6.07 Å². The van der Waals surface area contributed by atoms with Crippen molar-refractivity contribution in [2.24, 2.45) is 0 Å². The predicted octanol–water partition coefficient (Wildman–Crippen LogP) is 2.91. The molecule has 0 bridgehead atoms. The zero-order chi connectivity index (χ0) is 10.8. The molecule has 1 atom stereocenters. The Morgan fingerprint density at radius 3 is 2.93 bits per heavy atom. The minimum atomic E-state index is -0.336. The summed E-state index contributed by atoms with van der Waals surface area (Å²) in [5, 5.41) is 3.36. The van der Waals surface area contributed by atoms with E-state index in [1.54, 1.807) is 13.2 Å². The molecule has 2 nitrogen and oxygen atoms in total. The molecule has 0 saturated carbocycles. The van der Waals surface area contributed by atoms with E-state index >= 15 is 0 Å². The van der Waals surface area contributed by atoms with E-state index in [9.17, 15) is 4.39 Å². The van der Waals surface area contributed by atoms with Crippen LogP contribution in [0.4, 0.5) is 4.39 Å². The summed E-state index contributed by atoms with van der Waals surface area (Å²) in [6.45, 7) is 0.929. The number of ether oxygens (including phenoxy) is 1. The SMILES string of the molecule is COc1cc(Cl)c(F)c(C2CCCN2)c1. The first-order chi connectivity index (χ1) is 7.22. The van der Waals surface area contributed by atoms with E-state index in [0.717, 1.165) is 19.4 Å². The van der Waals surface area contributed by atoms with Gasteiger partial charge in [-0.25, -0.2) is 4.39 Å². The number of methoxy groups -OCH3 is 1. The molecule has 1 unspecified atom stereocenters. The fraction of sp³-hybridized carbons (Fsp3) is 0.455. The fourth-order valence-electron chi connectivity index (χ4n) is 1.91. The van der Waals surface area contributed by atoms with E-state index in [1.807, 2.05) is 0 Å². The minimum absolute atomic E-state index is 0.0672. The first kappa shape index (κ1) is 10.7. The molecule has 1 aliphatic rings. The van der Waals surface area contributed by atoms with Crippen molar-refractivity contribution in [3.05, 3.63) is 28.5 Å². The summed E-state index contributed by atoms with van der Waals surface area (Å²) in [7, 11) is 1.55. The molecule has 0 aromatic heterocycles. The molecule has 1 saturated heterocycles. The maximum Gasteiger partial charge on any atom is 0.146 e. The molecule has 1 heterocycles. The lowest BCUT2D eigenvalue weighted by molar-refractivity contribution is 0.411. The van der Waals surface area contributed by atoms with Crippen molar-refractivity contribution in [3.63, 3.8) is 0 Å². The van der Waals surface area contributed by atoms with Crippen LogP contribution >= 0.6 is 11.6 Å². The van der Waals surface area contributed by atoms with Crippen LogP contribution in [-0.4, -0.2) is 13.7 Å². The second-order valence-corrected chi connectivity index (χ2v) is 4.07. The number of benzene rings is 1. The molecule has 0 spiro atoms. The van der Waals surface area contributed by atoms with Gasteiger partial charge in [0.2, 0.25) is 0 Å². The largest absolute Gasteiger partial charge is 0.497 e. The Hall–Kier alpha value is -0.800. The van der Waals surface area contributed by atoms with Crippen LogP contribution in [0, 0.1) is 5.82 Å². The highest BCUT2D eigenvalue weighted by molar-refractivity contribution is 6.31. The molecule has 4 heteroatoms. The van der Waals surface area contributed by atoms with Crippen LogP contribution in [0.3, 0.4) is 0 Å². The van der Waals surface area contributed by atoms with Crippen molar-refractivity contribution in [2.75, 3.05) is 13.7 Å². The third-order valence-electron chi connectivity index (χ3n) is 2.70. The van der Waals surface area contributed by atoms with Gasteiger partial charge in [-0.2, -0.15) is 0 Å². The topological polar surface area (TPSA) is 21.3 Å². The molecule has 15 heavy (non-hydrogen) atoms. The lowest BCUT2D eigenvalue weighted by Crippen LogP contribution is -2.14. The van der Waals surface area contributed by atoms with Crippen LogP contribution in [0.5, 0.6) is 5.75 Å². The Morgan fingerprint density at radius 2 is 2.33 bits per heavy atom. The van der Waals surface area contributed by atoms with Gasteiger partial charge >= 0.3 is 0 Å². The Labute approximate surface area is 93.4 Å². The van der Waals surface area contributed by atoms with Gasteiger partial charge < -0.3 is 10.1 Å². The lowest BCUT2D eigenvalue weighted by atomic mass is 10.0. The summed E-state index contributed by atoms with van der Waals surface area (Å²) < 4.78 is 18.8. The first-order valence-corrected chi connectivity index (χ1v) is 5.36. The second-order valence-electron chi connectivity index (χ2n) is 3.66. The summed E-state index contributed by atoms with van der Waals surface area (Å²) in [4.78, 5) is 0. The normalized spacial score (nSPS) is 20.6. The van der Waals surface area contributed by atoms with Gasteiger partial charge in [0.1, 0.15) is 11.6 Å². The van der Waals surface area contributed by atoms with E-state index in [0.29, 0.717) is 11.3 Å². The van der Waals surface area contributed by atoms with Gasteiger partial charge in [-0.05, 0) is 25.5 Å². The van der Waals surface area contributed by atoms with Gasteiger partial charge in [0.15, 0.2) is 0 Å². The average Bonchev–Trinajstić information content (AvgIpc) is 2.75. The van der Waals surface area contributed by atoms with Crippen molar-refractivity contribution in [1.82, 2.24) is 5.32 Å². The molecule has 0 aliphatic carbocycles. The van der Waals surface area contributed by atoms with Gasteiger partial charge in [-0.3, -0.25) is 0 Å². The van der Waals surface area contributed by atoms with Crippen molar-refractivity contribution in [3.8, 4) is 5.75 Å². The quantitative estimate of drug-likeness (QED) is 0.842. The number of rotatable bonds is 2. The van der Waals surface area contributed by atoms with Crippen LogP contribution in [0.2, 0.25) is 5.02 Å². The molecular formula is C11H13ClFNO. The number of hydrogen-bond acceptors (Lipinski definition) is 2. The van der Waals surface area contributed by atoms with Crippen LogP contribution in [0.15, 0.2) is 12.1 Å². The van der Waals surface area contributed by atoms with Crippen LogP contribution in [0.1, 0.15) is 24.4 Å². The van der Waals surface area contributed by atoms with Gasteiger partial charge in [0.25, 0.3) is 0 Å². The zero-order valence-electron chi connectivity index (χ0n) is 8.52. The zero-order valence-corrected chi connectivity index (χ0v) is 9.27. The average molecular weight is 230 g/mol. The Morgan fingerprint density at radius 1 is 1.53 bits per heavy atom. The van der Waals surface area contributed by atoms with Crippen molar-refractivity contribution >= 4 is 11.6 Å². The third kappa shape index (κ3) is 2.08. The monoisotopic (exact) mass is 229 g/mol. The molecule has 1 aliphatic heterocycles. The lowest BCUT2D eigenvalue weighted by Gasteiger charge is -2.14. The highest BCUT2D eigenvalue weighted by atomic mass is 35.5. The minimum Gasteiger partial charge on any atom is -0.497 e. The maximum absolute atomic E-state index is 13.7. The standard InChI is InChI=1S/C11H13ClFNO/c1-15-7-5-8(10-3-2-4-14-10)11(13)9(12)6-7/h5-6,10,14H,2-4H2,1H3. The molecule has 1 aromatic rings. The Balaban J connectivity index is 2.39. The smallest absolute Gasteiger partial charge is 0.146 e. The summed E-state index contributed by atoms with van der Waals surface area (Å²) in [6, 6.07) is 3.28.